The summed E-state index contributed by atoms with van der Waals surface area (Å²) in [6.45, 7) is 0.962. The smallest absolute Gasteiger partial charge is 0.269 e. The van der Waals surface area contributed by atoms with Gasteiger partial charge >= 0.3 is 0 Å². The summed E-state index contributed by atoms with van der Waals surface area (Å²) >= 11 is 0. The van der Waals surface area contributed by atoms with E-state index >= 15 is 0 Å². The zero-order valence-corrected chi connectivity index (χ0v) is 12.1. The predicted octanol–water partition coefficient (Wildman–Crippen LogP) is 3.26. The monoisotopic (exact) mass is 311 g/mol. The molecule has 6 nitrogen and oxygen atoms in total. The van der Waals surface area contributed by atoms with Crippen molar-refractivity contribution in [1.29, 1.82) is 0 Å². The molecule has 1 aliphatic rings. The first kappa shape index (κ1) is 14.8. The highest BCUT2D eigenvalue weighted by Gasteiger charge is 2.13. The van der Waals surface area contributed by atoms with E-state index in [0.29, 0.717) is 35.8 Å². The highest BCUT2D eigenvalue weighted by molar-refractivity contribution is 6.07. The molecule has 1 aliphatic heterocycles. The first-order chi connectivity index (χ1) is 11.1. The van der Waals surface area contributed by atoms with Crippen LogP contribution in [0.3, 0.4) is 0 Å². The van der Waals surface area contributed by atoms with E-state index in [2.05, 4.69) is 0 Å². The van der Waals surface area contributed by atoms with E-state index in [1.807, 2.05) is 0 Å². The van der Waals surface area contributed by atoms with Crippen molar-refractivity contribution < 1.29 is 19.2 Å². The van der Waals surface area contributed by atoms with Gasteiger partial charge in [0.25, 0.3) is 5.69 Å². The van der Waals surface area contributed by atoms with E-state index in [0.717, 1.165) is 0 Å². The molecule has 6 heteroatoms. The van der Waals surface area contributed by atoms with Crippen molar-refractivity contribution in [1.82, 2.24) is 0 Å². The quantitative estimate of drug-likeness (QED) is 0.375. The SMILES string of the molecule is O=C(C=Cc1ccc([N+](=O)[O-])cc1)c1ccc2c(c1)OCCO2. The molecule has 116 valence electrons. The fourth-order valence-electron chi connectivity index (χ4n) is 2.17. The summed E-state index contributed by atoms with van der Waals surface area (Å²) in [7, 11) is 0. The standard InChI is InChI=1S/C17H13NO5/c19-15(7-3-12-1-5-14(6-2-12)18(20)21)13-4-8-16-17(11-13)23-10-9-22-16/h1-8,11H,9-10H2. The van der Waals surface area contributed by atoms with Gasteiger partial charge in [-0.2, -0.15) is 0 Å². The number of benzene rings is 2. The fraction of sp³-hybridized carbons (Fsp3) is 0.118. The van der Waals surface area contributed by atoms with Crippen LogP contribution in [0.1, 0.15) is 15.9 Å². The van der Waals surface area contributed by atoms with Crippen molar-refractivity contribution >= 4 is 17.5 Å². The van der Waals surface area contributed by atoms with Gasteiger partial charge in [0.2, 0.25) is 0 Å². The van der Waals surface area contributed by atoms with Gasteiger partial charge in [0.15, 0.2) is 17.3 Å². The maximum Gasteiger partial charge on any atom is 0.269 e. The zero-order chi connectivity index (χ0) is 16.2. The Kier molecular flexibility index (Phi) is 4.05. The lowest BCUT2D eigenvalue weighted by atomic mass is 10.1. The number of nitro groups is 1. The largest absolute Gasteiger partial charge is 0.486 e. The van der Waals surface area contributed by atoms with Gasteiger partial charge in [0, 0.05) is 17.7 Å². The second-order valence-electron chi connectivity index (χ2n) is 4.90. The molecule has 0 radical (unpaired) electrons. The van der Waals surface area contributed by atoms with Crippen LogP contribution in [0.15, 0.2) is 48.5 Å². The Bertz CT molecular complexity index is 780. The number of allylic oxidation sites excluding steroid dienone is 1. The average Bonchev–Trinajstić information content (AvgIpc) is 2.59. The van der Waals surface area contributed by atoms with Gasteiger partial charge in [0.05, 0.1) is 4.92 Å². The third kappa shape index (κ3) is 3.37. The molecule has 0 N–H and O–H groups in total. The Morgan fingerprint density at radius 3 is 2.43 bits per heavy atom. The van der Waals surface area contributed by atoms with Crippen molar-refractivity contribution in [2.45, 2.75) is 0 Å². The van der Waals surface area contributed by atoms with Crippen LogP contribution in [0.25, 0.3) is 6.08 Å². The molecular weight excluding hydrogens is 298 g/mol. The number of hydrogen-bond acceptors (Lipinski definition) is 5. The molecule has 0 unspecified atom stereocenters. The summed E-state index contributed by atoms with van der Waals surface area (Å²) in [6, 6.07) is 11.0. The second kappa shape index (κ2) is 6.31. The number of nitro benzene ring substituents is 1. The minimum absolute atomic E-state index is 0.0142. The van der Waals surface area contributed by atoms with Crippen LogP contribution in [-0.4, -0.2) is 23.9 Å². The van der Waals surface area contributed by atoms with Crippen LogP contribution >= 0.6 is 0 Å². The van der Waals surface area contributed by atoms with Crippen LogP contribution < -0.4 is 9.47 Å². The van der Waals surface area contributed by atoms with Crippen LogP contribution in [0.5, 0.6) is 11.5 Å². The molecule has 0 aliphatic carbocycles. The van der Waals surface area contributed by atoms with E-state index in [1.165, 1.54) is 18.2 Å². The molecule has 0 saturated carbocycles. The fourth-order valence-corrected chi connectivity index (χ4v) is 2.17. The molecule has 0 bridgehead atoms. The lowest BCUT2D eigenvalue weighted by molar-refractivity contribution is -0.384. The van der Waals surface area contributed by atoms with Gasteiger partial charge in [0.1, 0.15) is 13.2 Å². The molecule has 1 heterocycles. The first-order valence-corrected chi connectivity index (χ1v) is 7.00. The van der Waals surface area contributed by atoms with Crippen LogP contribution in [-0.2, 0) is 0 Å². The van der Waals surface area contributed by atoms with Crippen molar-refractivity contribution in [3.63, 3.8) is 0 Å². The molecule has 0 aromatic heterocycles. The summed E-state index contributed by atoms with van der Waals surface area (Å²) < 4.78 is 10.9. The number of ketones is 1. The Balaban J connectivity index is 1.74. The molecule has 0 spiro atoms. The van der Waals surface area contributed by atoms with E-state index in [4.69, 9.17) is 9.47 Å². The Hall–Kier alpha value is -3.15. The molecular formula is C17H13NO5. The minimum atomic E-state index is -0.464. The number of ether oxygens (including phenoxy) is 2. The van der Waals surface area contributed by atoms with Crippen molar-refractivity contribution in [2.75, 3.05) is 13.2 Å². The normalized spacial score (nSPS) is 13.0. The van der Waals surface area contributed by atoms with Crippen LogP contribution in [0.4, 0.5) is 5.69 Å². The highest BCUT2D eigenvalue weighted by atomic mass is 16.6. The van der Waals surface area contributed by atoms with Gasteiger partial charge in [-0.25, -0.2) is 0 Å². The summed E-state index contributed by atoms with van der Waals surface area (Å²) in [4.78, 5) is 22.3. The number of nitrogens with zero attached hydrogens (tertiary/aromatic N) is 1. The molecule has 0 amide bonds. The molecule has 2 aromatic rings. The van der Waals surface area contributed by atoms with E-state index in [-0.39, 0.29) is 11.5 Å². The van der Waals surface area contributed by atoms with Crippen molar-refractivity contribution in [2.24, 2.45) is 0 Å². The second-order valence-corrected chi connectivity index (χ2v) is 4.90. The Labute approximate surface area is 132 Å². The number of rotatable bonds is 4. The van der Waals surface area contributed by atoms with E-state index < -0.39 is 4.92 Å². The average molecular weight is 311 g/mol. The highest BCUT2D eigenvalue weighted by Crippen LogP contribution is 2.31. The van der Waals surface area contributed by atoms with E-state index in [9.17, 15) is 14.9 Å². The third-order valence-electron chi connectivity index (χ3n) is 3.36. The summed E-state index contributed by atoms with van der Waals surface area (Å²) in [6.07, 6.45) is 3.04. The van der Waals surface area contributed by atoms with Gasteiger partial charge in [-0.15, -0.1) is 0 Å². The maximum absolute atomic E-state index is 12.2. The number of non-ortho nitro benzene ring substituents is 1. The topological polar surface area (TPSA) is 78.7 Å². The lowest BCUT2D eigenvalue weighted by Crippen LogP contribution is -2.15. The Morgan fingerprint density at radius 1 is 1.04 bits per heavy atom. The van der Waals surface area contributed by atoms with E-state index in [1.54, 1.807) is 36.4 Å². The molecule has 0 fully saturated rings. The molecule has 0 saturated heterocycles. The third-order valence-corrected chi connectivity index (χ3v) is 3.36. The van der Waals surface area contributed by atoms with Crippen molar-refractivity contribution in [3.05, 3.63) is 69.8 Å². The van der Waals surface area contributed by atoms with Gasteiger partial charge < -0.3 is 9.47 Å². The number of carbonyl (C=O) groups excluding carboxylic acids is 1. The number of carbonyl (C=O) groups is 1. The number of hydrogen-bond donors (Lipinski definition) is 0. The lowest BCUT2D eigenvalue weighted by Gasteiger charge is -2.18. The first-order valence-electron chi connectivity index (χ1n) is 7.00. The minimum Gasteiger partial charge on any atom is -0.486 e. The molecule has 23 heavy (non-hydrogen) atoms. The predicted molar refractivity (Wildman–Crippen MR) is 83.9 cm³/mol. The molecule has 0 atom stereocenters. The van der Waals surface area contributed by atoms with Gasteiger partial charge in [-0.1, -0.05) is 6.08 Å². The van der Waals surface area contributed by atoms with Crippen molar-refractivity contribution in [3.8, 4) is 11.5 Å². The van der Waals surface area contributed by atoms with Crippen LogP contribution in [0.2, 0.25) is 0 Å². The summed E-state index contributed by atoms with van der Waals surface area (Å²) in [5.74, 6) is 1.01. The van der Waals surface area contributed by atoms with Gasteiger partial charge in [-0.05, 0) is 42.0 Å². The van der Waals surface area contributed by atoms with Gasteiger partial charge in [-0.3, -0.25) is 14.9 Å². The molecule has 3 rings (SSSR count). The summed E-state index contributed by atoms with van der Waals surface area (Å²) in [5.41, 5.74) is 1.22. The Morgan fingerprint density at radius 2 is 1.74 bits per heavy atom. The molecule has 2 aromatic carbocycles. The van der Waals surface area contributed by atoms with Crippen LogP contribution in [0, 0.1) is 10.1 Å². The summed E-state index contributed by atoms with van der Waals surface area (Å²) in [5, 5.41) is 10.6. The zero-order valence-electron chi connectivity index (χ0n) is 12.1. The maximum atomic E-state index is 12.2. The number of fused-ring (bicyclic) bond motifs is 1.